The van der Waals surface area contributed by atoms with Crippen molar-refractivity contribution < 1.29 is 14.2 Å². The first-order valence-corrected chi connectivity index (χ1v) is 10.6. The van der Waals surface area contributed by atoms with Gasteiger partial charge in [0.1, 0.15) is 18.2 Å². The van der Waals surface area contributed by atoms with E-state index in [0.29, 0.717) is 39.6 Å². The van der Waals surface area contributed by atoms with E-state index in [4.69, 9.17) is 43.1 Å². The van der Waals surface area contributed by atoms with Gasteiger partial charge in [-0.05, 0) is 32.0 Å². The van der Waals surface area contributed by atoms with Crippen molar-refractivity contribution in [3.8, 4) is 23.4 Å². The van der Waals surface area contributed by atoms with Crippen LogP contribution in [-0.2, 0) is 6.61 Å². The van der Waals surface area contributed by atoms with E-state index in [9.17, 15) is 5.26 Å². The number of nitrogens with one attached hydrogen (secondary N) is 1. The molecule has 0 amide bonds. The van der Waals surface area contributed by atoms with Gasteiger partial charge in [0.25, 0.3) is 0 Å². The third-order valence-corrected chi connectivity index (χ3v) is 5.72. The molecular formula is C23H20Cl2N4O3. The van der Waals surface area contributed by atoms with Gasteiger partial charge >= 0.3 is 0 Å². The number of nitrogens with two attached hydrogens (primary N) is 1. The number of nitrogens with zero attached hydrogens (tertiary/aromatic N) is 2. The number of nitriles is 1. The molecule has 0 saturated heterocycles. The molecular weight excluding hydrogens is 451 g/mol. The number of aromatic amines is 1. The van der Waals surface area contributed by atoms with Crippen LogP contribution in [0.4, 0.5) is 0 Å². The summed E-state index contributed by atoms with van der Waals surface area (Å²) in [5.41, 5.74) is 9.28. The molecule has 1 aliphatic rings. The Hall–Kier alpha value is -3.34. The van der Waals surface area contributed by atoms with Gasteiger partial charge in [-0.15, -0.1) is 5.10 Å². The smallest absolute Gasteiger partial charge is 0.244 e. The molecule has 0 bridgehead atoms. The number of benzene rings is 2. The number of fused-ring (bicyclic) bond motifs is 1. The Morgan fingerprint density at radius 1 is 1.25 bits per heavy atom. The standard InChI is InChI=1S/C23H20Cl2N4O3/c1-3-30-18-6-4-5-15(21(18)31-11-13-7-8-14(24)9-17(13)25)20-16(10-26)22(27)32-23-19(20)12(2)28-29-23/h4-9,20H,3,11,27H2,1-2H3,(H,28,29)/t20-/m1/s1. The van der Waals surface area contributed by atoms with Gasteiger partial charge in [-0.3, -0.25) is 5.10 Å². The summed E-state index contributed by atoms with van der Waals surface area (Å²) < 4.78 is 17.7. The number of allylic oxidation sites excluding steroid dienone is 1. The molecule has 9 heteroatoms. The lowest BCUT2D eigenvalue weighted by atomic mass is 9.83. The first-order chi connectivity index (χ1) is 15.4. The van der Waals surface area contributed by atoms with E-state index in [1.165, 1.54) is 0 Å². The third kappa shape index (κ3) is 3.95. The van der Waals surface area contributed by atoms with Gasteiger partial charge in [0, 0.05) is 32.4 Å². The average molecular weight is 471 g/mol. The minimum absolute atomic E-state index is 0.00464. The van der Waals surface area contributed by atoms with Crippen LogP contribution < -0.4 is 19.9 Å². The minimum atomic E-state index is -0.543. The monoisotopic (exact) mass is 470 g/mol. The fourth-order valence-electron chi connectivity index (χ4n) is 3.68. The SMILES string of the molecule is CCOc1cccc([C@@H]2C(C#N)=C(N)Oc3n[nH]c(C)c32)c1OCc1ccc(Cl)cc1Cl. The van der Waals surface area contributed by atoms with Gasteiger partial charge in [0.2, 0.25) is 11.8 Å². The van der Waals surface area contributed by atoms with Gasteiger partial charge in [-0.25, -0.2) is 0 Å². The van der Waals surface area contributed by atoms with Gasteiger partial charge in [0.15, 0.2) is 11.5 Å². The molecule has 1 aliphatic heterocycles. The molecule has 32 heavy (non-hydrogen) atoms. The Kier molecular flexibility index (Phi) is 6.17. The van der Waals surface area contributed by atoms with Gasteiger partial charge in [0.05, 0.1) is 12.5 Å². The van der Waals surface area contributed by atoms with Crippen LogP contribution in [0.2, 0.25) is 10.0 Å². The van der Waals surface area contributed by atoms with E-state index in [1.807, 2.05) is 32.0 Å². The molecule has 2 heterocycles. The number of rotatable bonds is 6. The molecule has 0 unspecified atom stereocenters. The molecule has 7 nitrogen and oxygen atoms in total. The van der Waals surface area contributed by atoms with E-state index >= 15 is 0 Å². The lowest BCUT2D eigenvalue weighted by molar-refractivity contribution is 0.266. The first-order valence-electron chi connectivity index (χ1n) is 9.89. The predicted molar refractivity (Wildman–Crippen MR) is 121 cm³/mol. The van der Waals surface area contributed by atoms with Crippen LogP contribution in [0.1, 0.15) is 35.2 Å². The molecule has 0 fully saturated rings. The predicted octanol–water partition coefficient (Wildman–Crippen LogP) is 5.22. The fourth-order valence-corrected chi connectivity index (χ4v) is 4.15. The van der Waals surface area contributed by atoms with E-state index in [-0.39, 0.29) is 18.1 Å². The zero-order chi connectivity index (χ0) is 22.8. The van der Waals surface area contributed by atoms with E-state index in [2.05, 4.69) is 16.3 Å². The Morgan fingerprint density at radius 3 is 2.78 bits per heavy atom. The number of H-pyrrole nitrogens is 1. The number of halogens is 2. The van der Waals surface area contributed by atoms with Crippen molar-refractivity contribution in [2.75, 3.05) is 6.61 Å². The Balaban J connectivity index is 1.83. The quantitative estimate of drug-likeness (QED) is 0.511. The molecule has 0 aliphatic carbocycles. The molecule has 4 rings (SSSR count). The molecule has 1 aromatic heterocycles. The summed E-state index contributed by atoms with van der Waals surface area (Å²) in [4.78, 5) is 0. The number of aryl methyl sites for hydroxylation is 1. The lowest BCUT2D eigenvalue weighted by Crippen LogP contribution is -2.21. The highest BCUT2D eigenvalue weighted by molar-refractivity contribution is 6.35. The Labute approximate surface area is 195 Å². The highest BCUT2D eigenvalue weighted by Gasteiger charge is 2.36. The van der Waals surface area contributed by atoms with Crippen LogP contribution in [0.3, 0.4) is 0 Å². The topological polar surface area (TPSA) is 106 Å². The maximum absolute atomic E-state index is 9.88. The third-order valence-electron chi connectivity index (χ3n) is 5.14. The van der Waals surface area contributed by atoms with Crippen LogP contribution in [0.5, 0.6) is 17.4 Å². The summed E-state index contributed by atoms with van der Waals surface area (Å²) in [6.07, 6.45) is 0. The number of aromatic nitrogens is 2. The summed E-state index contributed by atoms with van der Waals surface area (Å²) in [6, 6.07) is 12.9. The molecule has 164 valence electrons. The molecule has 1 atom stereocenters. The van der Waals surface area contributed by atoms with Crippen LogP contribution in [0, 0.1) is 18.3 Å². The summed E-state index contributed by atoms with van der Waals surface area (Å²) in [5, 5.41) is 18.0. The highest BCUT2D eigenvalue weighted by Crippen LogP contribution is 2.48. The molecule has 2 aromatic carbocycles. The molecule has 3 aromatic rings. The van der Waals surface area contributed by atoms with Gasteiger partial charge in [-0.1, -0.05) is 41.4 Å². The lowest BCUT2D eigenvalue weighted by Gasteiger charge is -2.26. The first kappa shape index (κ1) is 21.9. The van der Waals surface area contributed by atoms with E-state index in [0.717, 1.165) is 16.8 Å². The van der Waals surface area contributed by atoms with Crippen molar-refractivity contribution >= 4 is 23.2 Å². The maximum atomic E-state index is 9.88. The average Bonchev–Trinajstić information content (AvgIpc) is 3.13. The van der Waals surface area contributed by atoms with E-state index < -0.39 is 5.92 Å². The summed E-state index contributed by atoms with van der Waals surface area (Å²) >= 11 is 12.3. The Bertz CT molecular complexity index is 1250. The molecule has 0 radical (unpaired) electrons. The van der Waals surface area contributed by atoms with Crippen LogP contribution in [0.15, 0.2) is 47.9 Å². The van der Waals surface area contributed by atoms with Crippen molar-refractivity contribution in [3.05, 3.63) is 80.3 Å². The zero-order valence-electron chi connectivity index (χ0n) is 17.4. The molecule has 0 saturated carbocycles. The second-order valence-electron chi connectivity index (χ2n) is 7.12. The van der Waals surface area contributed by atoms with Crippen molar-refractivity contribution in [1.82, 2.24) is 10.2 Å². The number of hydrogen-bond donors (Lipinski definition) is 2. The highest BCUT2D eigenvalue weighted by atomic mass is 35.5. The number of para-hydroxylation sites is 1. The van der Waals surface area contributed by atoms with Crippen molar-refractivity contribution in [3.63, 3.8) is 0 Å². The van der Waals surface area contributed by atoms with Gasteiger partial charge in [-0.2, -0.15) is 5.26 Å². The second kappa shape index (κ2) is 9.03. The summed E-state index contributed by atoms with van der Waals surface area (Å²) in [6.45, 7) is 4.36. The number of hydrogen-bond acceptors (Lipinski definition) is 6. The van der Waals surface area contributed by atoms with Crippen molar-refractivity contribution in [1.29, 1.82) is 5.26 Å². The molecule has 0 spiro atoms. The largest absolute Gasteiger partial charge is 0.490 e. The summed E-state index contributed by atoms with van der Waals surface area (Å²) in [7, 11) is 0. The second-order valence-corrected chi connectivity index (χ2v) is 7.97. The minimum Gasteiger partial charge on any atom is -0.490 e. The number of ether oxygens (including phenoxy) is 3. The van der Waals surface area contributed by atoms with Crippen molar-refractivity contribution in [2.24, 2.45) is 5.73 Å². The van der Waals surface area contributed by atoms with E-state index in [1.54, 1.807) is 18.2 Å². The maximum Gasteiger partial charge on any atom is 0.244 e. The normalized spacial score (nSPS) is 15.0. The Morgan fingerprint density at radius 2 is 2.06 bits per heavy atom. The zero-order valence-corrected chi connectivity index (χ0v) is 18.9. The van der Waals surface area contributed by atoms with Crippen molar-refractivity contribution in [2.45, 2.75) is 26.4 Å². The van der Waals surface area contributed by atoms with Crippen LogP contribution in [0.25, 0.3) is 0 Å². The summed E-state index contributed by atoms with van der Waals surface area (Å²) in [5.74, 6) is 0.820. The van der Waals surface area contributed by atoms with Crippen LogP contribution in [-0.4, -0.2) is 16.8 Å². The van der Waals surface area contributed by atoms with Crippen LogP contribution >= 0.6 is 23.2 Å². The molecule has 3 N–H and O–H groups in total. The van der Waals surface area contributed by atoms with Gasteiger partial charge < -0.3 is 19.9 Å². The fraction of sp³-hybridized carbons (Fsp3) is 0.217.